The van der Waals surface area contributed by atoms with Crippen LogP contribution in [0.1, 0.15) is 20.8 Å². The minimum Gasteiger partial charge on any atom is -0.367 e. The van der Waals surface area contributed by atoms with Gasteiger partial charge in [0.2, 0.25) is 5.91 Å². The highest BCUT2D eigenvalue weighted by Crippen LogP contribution is 2.48. The highest BCUT2D eigenvalue weighted by atomic mass is 31.2. The van der Waals surface area contributed by atoms with Gasteiger partial charge in [0.25, 0.3) is 0 Å². The van der Waals surface area contributed by atoms with Crippen molar-refractivity contribution in [3.63, 3.8) is 0 Å². The third-order valence-corrected chi connectivity index (χ3v) is 3.50. The van der Waals surface area contributed by atoms with Gasteiger partial charge in [0.1, 0.15) is 6.10 Å². The van der Waals surface area contributed by atoms with Crippen LogP contribution in [0.2, 0.25) is 0 Å². The molecular formula is C7H16NO4P. The Balaban J connectivity index is 4.27. The lowest BCUT2D eigenvalue weighted by molar-refractivity contribution is -0.124. The normalized spacial score (nSPS) is 17.8. The van der Waals surface area contributed by atoms with Crippen molar-refractivity contribution < 1.29 is 18.4 Å². The summed E-state index contributed by atoms with van der Waals surface area (Å²) in [6, 6.07) is 0. The number of hydrogen-bond acceptors (Lipinski definition) is 4. The Morgan fingerprint density at radius 1 is 1.54 bits per heavy atom. The fourth-order valence-corrected chi connectivity index (χ4v) is 2.06. The number of carbonyl (C=O) groups excluding carboxylic acids is 1. The first-order chi connectivity index (χ1) is 5.95. The molecule has 0 bridgehead atoms. The van der Waals surface area contributed by atoms with Crippen LogP contribution in [0.3, 0.4) is 0 Å². The van der Waals surface area contributed by atoms with E-state index in [0.717, 1.165) is 0 Å². The van der Waals surface area contributed by atoms with Crippen molar-refractivity contribution in [3.8, 4) is 0 Å². The average molecular weight is 209 g/mol. The summed E-state index contributed by atoms with van der Waals surface area (Å²) in [6.07, 6.45) is -0.643. The SMILES string of the molecule is CCOP(=O)(CC)OC(C)C(N)=O. The number of carbonyl (C=O) groups is 1. The van der Waals surface area contributed by atoms with E-state index in [1.165, 1.54) is 6.92 Å². The van der Waals surface area contributed by atoms with Crippen molar-refractivity contribution in [3.05, 3.63) is 0 Å². The van der Waals surface area contributed by atoms with Crippen LogP contribution in [0.15, 0.2) is 0 Å². The smallest absolute Gasteiger partial charge is 0.331 e. The second kappa shape index (κ2) is 5.37. The van der Waals surface area contributed by atoms with Gasteiger partial charge in [-0.25, -0.2) is 0 Å². The van der Waals surface area contributed by atoms with Crippen LogP contribution in [-0.4, -0.2) is 24.8 Å². The number of rotatable bonds is 6. The Kier molecular flexibility index (Phi) is 5.21. The van der Waals surface area contributed by atoms with Crippen molar-refractivity contribution in [2.24, 2.45) is 5.73 Å². The number of primary amides is 1. The second-order valence-corrected chi connectivity index (χ2v) is 4.82. The van der Waals surface area contributed by atoms with E-state index in [4.69, 9.17) is 14.8 Å². The van der Waals surface area contributed by atoms with Gasteiger partial charge in [0.05, 0.1) is 6.61 Å². The predicted molar refractivity (Wildman–Crippen MR) is 49.5 cm³/mol. The molecular weight excluding hydrogens is 193 g/mol. The minimum absolute atomic E-state index is 0.235. The molecule has 2 N–H and O–H groups in total. The van der Waals surface area contributed by atoms with Crippen LogP contribution < -0.4 is 5.73 Å². The fraction of sp³-hybridized carbons (Fsp3) is 0.857. The molecule has 0 aromatic carbocycles. The molecule has 2 atom stereocenters. The van der Waals surface area contributed by atoms with Gasteiger partial charge in [-0.15, -0.1) is 0 Å². The third-order valence-electron chi connectivity index (χ3n) is 1.43. The zero-order valence-corrected chi connectivity index (χ0v) is 9.04. The highest BCUT2D eigenvalue weighted by Gasteiger charge is 2.26. The summed E-state index contributed by atoms with van der Waals surface area (Å²) >= 11 is 0. The van der Waals surface area contributed by atoms with Gasteiger partial charge in [0.15, 0.2) is 0 Å². The molecule has 13 heavy (non-hydrogen) atoms. The highest BCUT2D eigenvalue weighted by molar-refractivity contribution is 7.53. The first kappa shape index (κ1) is 12.6. The largest absolute Gasteiger partial charge is 0.367 e. The van der Waals surface area contributed by atoms with E-state index >= 15 is 0 Å². The van der Waals surface area contributed by atoms with Crippen molar-refractivity contribution in [2.75, 3.05) is 12.8 Å². The fourth-order valence-electron chi connectivity index (χ4n) is 0.686. The average Bonchev–Trinajstić information content (AvgIpc) is 2.04. The van der Waals surface area contributed by atoms with Gasteiger partial charge in [-0.05, 0) is 13.8 Å². The molecule has 0 fully saturated rings. The Labute approximate surface area is 78.1 Å². The first-order valence-corrected chi connectivity index (χ1v) is 5.89. The summed E-state index contributed by atoms with van der Waals surface area (Å²) in [5.74, 6) is -0.645. The molecule has 0 aromatic heterocycles. The first-order valence-electron chi connectivity index (χ1n) is 4.16. The number of nitrogens with two attached hydrogens (primary N) is 1. The maximum atomic E-state index is 11.6. The van der Waals surface area contributed by atoms with Crippen LogP contribution in [0.5, 0.6) is 0 Å². The van der Waals surface area contributed by atoms with E-state index in [2.05, 4.69) is 0 Å². The Morgan fingerprint density at radius 3 is 2.38 bits per heavy atom. The molecule has 0 heterocycles. The molecule has 78 valence electrons. The maximum Gasteiger partial charge on any atom is 0.331 e. The molecule has 2 unspecified atom stereocenters. The summed E-state index contributed by atoms with van der Waals surface area (Å²) in [4.78, 5) is 10.6. The summed E-state index contributed by atoms with van der Waals surface area (Å²) in [5.41, 5.74) is 4.95. The van der Waals surface area contributed by atoms with Crippen molar-refractivity contribution in [2.45, 2.75) is 26.9 Å². The molecule has 0 saturated carbocycles. The minimum atomic E-state index is -3.11. The quantitative estimate of drug-likeness (QED) is 0.665. The van der Waals surface area contributed by atoms with Crippen molar-refractivity contribution >= 4 is 13.5 Å². The lowest BCUT2D eigenvalue weighted by atomic mass is 10.4. The van der Waals surface area contributed by atoms with Crippen LogP contribution in [0.25, 0.3) is 0 Å². The monoisotopic (exact) mass is 209 g/mol. The zero-order chi connectivity index (χ0) is 10.5. The summed E-state index contributed by atoms with van der Waals surface area (Å²) in [6.45, 7) is 5.12. The zero-order valence-electron chi connectivity index (χ0n) is 8.15. The van der Waals surface area contributed by atoms with Crippen LogP contribution in [0.4, 0.5) is 0 Å². The molecule has 0 radical (unpaired) electrons. The molecule has 0 aliphatic heterocycles. The Bertz CT molecular complexity index is 219. The Hall–Kier alpha value is -0.380. The number of amides is 1. The van der Waals surface area contributed by atoms with Crippen molar-refractivity contribution in [1.82, 2.24) is 0 Å². The van der Waals surface area contributed by atoms with Crippen LogP contribution in [-0.2, 0) is 18.4 Å². The molecule has 1 amide bonds. The maximum absolute atomic E-state index is 11.6. The van der Waals surface area contributed by atoms with E-state index in [-0.39, 0.29) is 12.8 Å². The lowest BCUT2D eigenvalue weighted by Gasteiger charge is -2.18. The predicted octanol–water partition coefficient (Wildman–Crippen LogP) is 1.13. The molecule has 0 rings (SSSR count). The summed E-state index contributed by atoms with van der Waals surface area (Å²) in [7, 11) is -3.11. The van der Waals surface area contributed by atoms with Gasteiger partial charge in [-0.1, -0.05) is 6.92 Å². The van der Waals surface area contributed by atoms with E-state index in [0.29, 0.717) is 0 Å². The van der Waals surface area contributed by atoms with Gasteiger partial charge in [-0.2, -0.15) is 0 Å². The molecule has 6 heteroatoms. The van der Waals surface area contributed by atoms with Crippen molar-refractivity contribution in [1.29, 1.82) is 0 Å². The molecule has 0 spiro atoms. The molecule has 0 aromatic rings. The Morgan fingerprint density at radius 2 is 2.08 bits per heavy atom. The molecule has 0 aliphatic carbocycles. The van der Waals surface area contributed by atoms with E-state index in [9.17, 15) is 9.36 Å². The molecule has 0 aliphatic rings. The van der Waals surface area contributed by atoms with Crippen LogP contribution >= 0.6 is 7.60 Å². The van der Waals surface area contributed by atoms with Gasteiger partial charge >= 0.3 is 7.60 Å². The second-order valence-electron chi connectivity index (χ2n) is 2.49. The standard InChI is InChI=1S/C7H16NO4P/c1-4-11-13(10,5-2)12-6(3)7(8)9/h6H,4-5H2,1-3H3,(H2,8,9). The number of hydrogen-bond donors (Lipinski definition) is 1. The van der Waals surface area contributed by atoms with E-state index < -0.39 is 19.6 Å². The topological polar surface area (TPSA) is 78.6 Å². The van der Waals surface area contributed by atoms with E-state index in [1.807, 2.05) is 0 Å². The van der Waals surface area contributed by atoms with Gasteiger partial charge in [0, 0.05) is 6.16 Å². The summed E-state index contributed by atoms with van der Waals surface area (Å²) in [5, 5.41) is 0. The third kappa shape index (κ3) is 4.41. The lowest BCUT2D eigenvalue weighted by Crippen LogP contribution is -2.27. The van der Waals surface area contributed by atoms with Gasteiger partial charge < -0.3 is 10.3 Å². The van der Waals surface area contributed by atoms with Gasteiger partial charge in [-0.3, -0.25) is 13.9 Å². The van der Waals surface area contributed by atoms with E-state index in [1.54, 1.807) is 13.8 Å². The van der Waals surface area contributed by atoms with Crippen LogP contribution in [0, 0.1) is 0 Å². The molecule has 0 saturated heterocycles. The summed E-state index contributed by atoms with van der Waals surface area (Å²) < 4.78 is 21.5. The molecule has 5 nitrogen and oxygen atoms in total.